The third-order valence-corrected chi connectivity index (χ3v) is 0.402. The van der Waals surface area contributed by atoms with E-state index in [0.29, 0.717) is 0 Å². The molecule has 0 aromatic rings. The summed E-state index contributed by atoms with van der Waals surface area (Å²) in [7, 11) is 0. The molecule has 0 aliphatic heterocycles. The van der Waals surface area contributed by atoms with Crippen LogP contribution < -0.4 is 0 Å². The van der Waals surface area contributed by atoms with Gasteiger partial charge in [0.25, 0.3) is 0 Å². The van der Waals surface area contributed by atoms with Gasteiger partial charge in [-0.15, -0.1) is 0 Å². The fourth-order valence-electron chi connectivity index (χ4n) is 0.332. The van der Waals surface area contributed by atoms with Crippen molar-refractivity contribution in [3.8, 4) is 0 Å². The van der Waals surface area contributed by atoms with Crippen LogP contribution in [-0.4, -0.2) is 12.1 Å². The number of hydrogen-bond acceptors (Lipinski definition) is 2. The molecule has 3 heteroatoms. The van der Waals surface area contributed by atoms with Crippen LogP contribution in [0.3, 0.4) is 0 Å². The summed E-state index contributed by atoms with van der Waals surface area (Å²) in [5.41, 5.74) is 0. The first-order chi connectivity index (χ1) is 3.13. The van der Waals surface area contributed by atoms with Crippen molar-refractivity contribution in [1.82, 2.24) is 0 Å². The van der Waals surface area contributed by atoms with Gasteiger partial charge in [-0.2, -0.15) is 0 Å². The quantitative estimate of drug-likeness (QED) is 0.639. The standard InChI is InChI=1S/C5H10O2.La/c1-4(2)7-5(3)6;/h4H,1-3H3;. The van der Waals surface area contributed by atoms with E-state index in [4.69, 9.17) is 0 Å². The smallest absolute Gasteiger partial charge is 0.302 e. The molecule has 0 aliphatic carbocycles. The van der Waals surface area contributed by atoms with E-state index in [1.807, 2.05) is 13.8 Å². The summed E-state index contributed by atoms with van der Waals surface area (Å²) in [4.78, 5) is 10.0. The van der Waals surface area contributed by atoms with Gasteiger partial charge in [0, 0.05) is 42.5 Å². The maximum Gasteiger partial charge on any atom is 0.302 e. The normalized spacial score (nSPS) is 8.00. The van der Waals surface area contributed by atoms with Gasteiger partial charge in [-0.3, -0.25) is 4.79 Å². The van der Waals surface area contributed by atoms with Crippen molar-refractivity contribution in [3.63, 3.8) is 0 Å². The Morgan fingerprint density at radius 2 is 1.88 bits per heavy atom. The number of esters is 1. The zero-order valence-corrected chi connectivity index (χ0v) is 9.10. The average Bonchev–Trinajstić information content (AvgIpc) is 1.27. The molecule has 45 valence electrons. The molecule has 0 amide bonds. The van der Waals surface area contributed by atoms with Crippen LogP contribution in [0.2, 0.25) is 0 Å². The second-order valence-corrected chi connectivity index (χ2v) is 1.66. The summed E-state index contributed by atoms with van der Waals surface area (Å²) in [5.74, 6) is -0.213. The second kappa shape index (κ2) is 5.80. The van der Waals surface area contributed by atoms with Crippen LogP contribution in [0.25, 0.3) is 0 Å². The first kappa shape index (κ1) is 11.5. The molecule has 0 heterocycles. The molecule has 0 aliphatic rings. The van der Waals surface area contributed by atoms with Crippen LogP contribution in [0.15, 0.2) is 0 Å². The molecule has 8 heavy (non-hydrogen) atoms. The van der Waals surface area contributed by atoms with E-state index in [-0.39, 0.29) is 47.7 Å². The van der Waals surface area contributed by atoms with Gasteiger partial charge < -0.3 is 4.74 Å². The van der Waals surface area contributed by atoms with Crippen LogP contribution in [0.1, 0.15) is 20.8 Å². The van der Waals surface area contributed by atoms with Gasteiger partial charge >= 0.3 is 5.97 Å². The Bertz CT molecular complexity index is 70.8. The number of ether oxygens (including phenoxy) is 1. The first-order valence-electron chi connectivity index (χ1n) is 2.30. The van der Waals surface area contributed by atoms with Gasteiger partial charge in [-0.25, -0.2) is 0 Å². The molecule has 0 unspecified atom stereocenters. The van der Waals surface area contributed by atoms with E-state index in [0.717, 1.165) is 0 Å². The molecule has 0 spiro atoms. The molecular weight excluding hydrogens is 231 g/mol. The third kappa shape index (κ3) is 9.83. The van der Waals surface area contributed by atoms with Crippen LogP contribution in [0.5, 0.6) is 0 Å². The van der Waals surface area contributed by atoms with Crippen molar-refractivity contribution < 1.29 is 45.1 Å². The second-order valence-electron chi connectivity index (χ2n) is 1.66. The molecule has 2 nitrogen and oxygen atoms in total. The molecule has 0 fully saturated rings. The molecule has 0 saturated heterocycles. The number of hydrogen-bond donors (Lipinski definition) is 0. The Kier molecular flexibility index (Phi) is 8.30. The minimum atomic E-state index is -0.213. The molecule has 0 atom stereocenters. The molecule has 0 rings (SSSR count). The van der Waals surface area contributed by atoms with Gasteiger partial charge in [0.1, 0.15) is 0 Å². The minimum absolute atomic E-state index is 0. The predicted molar refractivity (Wildman–Crippen MR) is 26.9 cm³/mol. The largest absolute Gasteiger partial charge is 0.463 e. The van der Waals surface area contributed by atoms with Gasteiger partial charge in [-0.1, -0.05) is 0 Å². The van der Waals surface area contributed by atoms with E-state index >= 15 is 0 Å². The Morgan fingerprint density at radius 3 is 1.88 bits per heavy atom. The van der Waals surface area contributed by atoms with Gasteiger partial charge in [0.2, 0.25) is 0 Å². The van der Waals surface area contributed by atoms with Gasteiger partial charge in [0.15, 0.2) is 0 Å². The van der Waals surface area contributed by atoms with E-state index in [1.165, 1.54) is 6.92 Å². The Labute approximate surface area is 77.6 Å². The Balaban J connectivity index is 0. The summed E-state index contributed by atoms with van der Waals surface area (Å²) >= 11 is 0. The molecule has 1 radical (unpaired) electrons. The molecule has 0 aromatic carbocycles. The van der Waals surface area contributed by atoms with Crippen molar-refractivity contribution in [2.45, 2.75) is 26.9 Å². The minimum Gasteiger partial charge on any atom is -0.463 e. The number of rotatable bonds is 1. The molecule has 0 N–H and O–H groups in total. The average molecular weight is 241 g/mol. The predicted octanol–water partition coefficient (Wildman–Crippen LogP) is 0.958. The summed E-state index contributed by atoms with van der Waals surface area (Å²) < 4.78 is 4.61. The number of carbonyl (C=O) groups is 1. The maximum atomic E-state index is 10.0. The number of carbonyl (C=O) groups excluding carboxylic acids is 1. The summed E-state index contributed by atoms with van der Waals surface area (Å²) in [6.07, 6.45) is 0.0255. The summed E-state index contributed by atoms with van der Waals surface area (Å²) in [6.45, 7) is 5.04. The van der Waals surface area contributed by atoms with Crippen molar-refractivity contribution in [2.75, 3.05) is 0 Å². The monoisotopic (exact) mass is 241 g/mol. The Morgan fingerprint density at radius 1 is 1.50 bits per heavy atom. The zero-order valence-electron chi connectivity index (χ0n) is 5.47. The van der Waals surface area contributed by atoms with Crippen molar-refractivity contribution in [3.05, 3.63) is 0 Å². The van der Waals surface area contributed by atoms with Gasteiger partial charge in [-0.05, 0) is 13.8 Å². The van der Waals surface area contributed by atoms with Crippen molar-refractivity contribution in [2.24, 2.45) is 0 Å². The van der Waals surface area contributed by atoms with Crippen molar-refractivity contribution in [1.29, 1.82) is 0 Å². The van der Waals surface area contributed by atoms with Crippen LogP contribution in [-0.2, 0) is 9.53 Å². The fourth-order valence-corrected chi connectivity index (χ4v) is 0.332. The van der Waals surface area contributed by atoms with Crippen LogP contribution in [0, 0.1) is 35.6 Å². The maximum absolute atomic E-state index is 10.0. The third-order valence-electron chi connectivity index (χ3n) is 0.402. The van der Waals surface area contributed by atoms with Crippen LogP contribution >= 0.6 is 0 Å². The van der Waals surface area contributed by atoms with Crippen molar-refractivity contribution >= 4 is 5.97 Å². The fraction of sp³-hybridized carbons (Fsp3) is 0.800. The van der Waals surface area contributed by atoms with E-state index < -0.39 is 0 Å². The Hall–Kier alpha value is 0.665. The molecule has 0 aromatic heterocycles. The first-order valence-corrected chi connectivity index (χ1v) is 2.30. The summed E-state index contributed by atoms with van der Waals surface area (Å²) in [5, 5.41) is 0. The molecule has 0 saturated carbocycles. The topological polar surface area (TPSA) is 26.3 Å². The van der Waals surface area contributed by atoms with Crippen LogP contribution in [0.4, 0.5) is 0 Å². The van der Waals surface area contributed by atoms with E-state index in [2.05, 4.69) is 4.74 Å². The zero-order chi connectivity index (χ0) is 5.86. The van der Waals surface area contributed by atoms with E-state index in [9.17, 15) is 4.79 Å². The molecular formula is C5H10LaO2. The van der Waals surface area contributed by atoms with Gasteiger partial charge in [0.05, 0.1) is 6.10 Å². The molecule has 0 bridgehead atoms. The van der Waals surface area contributed by atoms with E-state index in [1.54, 1.807) is 0 Å². The SMILES string of the molecule is CC(=O)OC(C)C.[La]. The summed E-state index contributed by atoms with van der Waals surface area (Å²) in [6, 6.07) is 0.